The number of hydrogen-bond acceptors (Lipinski definition) is 6. The summed E-state index contributed by atoms with van der Waals surface area (Å²) >= 11 is 0. The molecule has 1 aliphatic heterocycles. The SMILES string of the molecule is CCOC(=O)C1CCCN(c2nc(C)nc3c2c(C)nn3-c2ccc(C)cc2)C1. The van der Waals surface area contributed by atoms with Gasteiger partial charge in [-0.2, -0.15) is 5.10 Å². The molecule has 1 aromatic carbocycles. The van der Waals surface area contributed by atoms with Crippen molar-refractivity contribution in [3.63, 3.8) is 0 Å². The fourth-order valence-corrected chi connectivity index (χ4v) is 3.98. The van der Waals surface area contributed by atoms with Crippen molar-refractivity contribution in [1.82, 2.24) is 19.7 Å². The average molecular weight is 393 g/mol. The van der Waals surface area contributed by atoms with Gasteiger partial charge in [0.1, 0.15) is 11.6 Å². The lowest BCUT2D eigenvalue weighted by Gasteiger charge is -2.32. The van der Waals surface area contributed by atoms with Crippen LogP contribution < -0.4 is 4.90 Å². The first kappa shape index (κ1) is 19.4. The number of anilines is 1. The summed E-state index contributed by atoms with van der Waals surface area (Å²) in [5, 5.41) is 5.71. The van der Waals surface area contributed by atoms with E-state index in [0.29, 0.717) is 19.0 Å². The molecule has 0 saturated carbocycles. The molecule has 0 radical (unpaired) electrons. The Balaban J connectivity index is 1.77. The Bertz CT molecular complexity index is 1040. The van der Waals surface area contributed by atoms with E-state index in [9.17, 15) is 4.79 Å². The van der Waals surface area contributed by atoms with Gasteiger partial charge in [0.15, 0.2) is 5.65 Å². The Hall–Kier alpha value is -2.96. The predicted octanol–water partition coefficient (Wildman–Crippen LogP) is 3.52. The second-order valence-electron chi connectivity index (χ2n) is 7.66. The van der Waals surface area contributed by atoms with Crippen LogP contribution in [0.25, 0.3) is 16.7 Å². The highest BCUT2D eigenvalue weighted by Gasteiger charge is 2.30. The van der Waals surface area contributed by atoms with E-state index in [1.165, 1.54) is 5.56 Å². The van der Waals surface area contributed by atoms with Gasteiger partial charge in [-0.15, -0.1) is 0 Å². The summed E-state index contributed by atoms with van der Waals surface area (Å²) in [6, 6.07) is 8.25. The normalized spacial score (nSPS) is 17.0. The molecule has 0 spiro atoms. The monoisotopic (exact) mass is 393 g/mol. The Kier molecular flexibility index (Phi) is 5.22. The van der Waals surface area contributed by atoms with Crippen LogP contribution in [0.5, 0.6) is 0 Å². The third-order valence-electron chi connectivity index (χ3n) is 5.41. The molecule has 1 fully saturated rings. The molecule has 0 bridgehead atoms. The van der Waals surface area contributed by atoms with Gasteiger partial charge in [-0.1, -0.05) is 17.7 Å². The molecule has 3 aromatic rings. The van der Waals surface area contributed by atoms with E-state index in [2.05, 4.69) is 36.1 Å². The van der Waals surface area contributed by atoms with Crippen molar-refractivity contribution in [2.45, 2.75) is 40.5 Å². The molecular formula is C22H27N5O2. The largest absolute Gasteiger partial charge is 0.466 e. The van der Waals surface area contributed by atoms with Gasteiger partial charge in [0, 0.05) is 13.1 Å². The van der Waals surface area contributed by atoms with E-state index in [1.807, 2.05) is 25.5 Å². The highest BCUT2D eigenvalue weighted by Crippen LogP contribution is 2.31. The van der Waals surface area contributed by atoms with Gasteiger partial charge in [-0.05, 0) is 52.7 Å². The molecule has 1 unspecified atom stereocenters. The van der Waals surface area contributed by atoms with Gasteiger partial charge >= 0.3 is 5.97 Å². The molecule has 0 N–H and O–H groups in total. The minimum atomic E-state index is -0.124. The number of piperidine rings is 1. The molecule has 1 saturated heterocycles. The number of aryl methyl sites for hydroxylation is 3. The van der Waals surface area contributed by atoms with E-state index in [-0.39, 0.29) is 11.9 Å². The highest BCUT2D eigenvalue weighted by molar-refractivity contribution is 5.91. The summed E-state index contributed by atoms with van der Waals surface area (Å²) in [6.07, 6.45) is 1.78. The van der Waals surface area contributed by atoms with Gasteiger partial charge in [-0.25, -0.2) is 14.6 Å². The lowest BCUT2D eigenvalue weighted by atomic mass is 9.98. The van der Waals surface area contributed by atoms with E-state index in [0.717, 1.165) is 47.6 Å². The Morgan fingerprint density at radius 1 is 1.17 bits per heavy atom. The van der Waals surface area contributed by atoms with Crippen LogP contribution in [0.2, 0.25) is 0 Å². The number of carbonyl (C=O) groups is 1. The van der Waals surface area contributed by atoms with Gasteiger partial charge < -0.3 is 9.64 Å². The predicted molar refractivity (Wildman–Crippen MR) is 112 cm³/mol. The molecular weight excluding hydrogens is 366 g/mol. The summed E-state index contributed by atoms with van der Waals surface area (Å²) < 4.78 is 7.14. The van der Waals surface area contributed by atoms with Crippen LogP contribution in [0.1, 0.15) is 36.8 Å². The van der Waals surface area contributed by atoms with Crippen molar-refractivity contribution in [1.29, 1.82) is 0 Å². The maximum atomic E-state index is 12.3. The molecule has 1 aliphatic rings. The van der Waals surface area contributed by atoms with Gasteiger partial charge in [0.2, 0.25) is 0 Å². The molecule has 1 atom stereocenters. The van der Waals surface area contributed by atoms with Crippen LogP contribution in [0.4, 0.5) is 5.82 Å². The van der Waals surface area contributed by atoms with Crippen LogP contribution in [-0.2, 0) is 9.53 Å². The summed E-state index contributed by atoms with van der Waals surface area (Å²) in [6.45, 7) is 9.68. The number of fused-ring (bicyclic) bond motifs is 1. The van der Waals surface area contributed by atoms with Crippen molar-refractivity contribution >= 4 is 22.8 Å². The molecule has 7 heteroatoms. The number of rotatable bonds is 4. The fourth-order valence-electron chi connectivity index (χ4n) is 3.98. The van der Waals surface area contributed by atoms with Crippen LogP contribution >= 0.6 is 0 Å². The summed E-state index contributed by atoms with van der Waals surface area (Å²) in [5.74, 6) is 1.31. The lowest BCUT2D eigenvalue weighted by Crippen LogP contribution is -2.40. The zero-order valence-electron chi connectivity index (χ0n) is 17.5. The van der Waals surface area contributed by atoms with Gasteiger partial charge in [0.05, 0.1) is 29.3 Å². The van der Waals surface area contributed by atoms with Gasteiger partial charge in [-0.3, -0.25) is 4.79 Å². The quantitative estimate of drug-likeness (QED) is 0.632. The Labute approximate surface area is 170 Å². The molecule has 2 aromatic heterocycles. The van der Waals surface area contributed by atoms with Crippen LogP contribution in [-0.4, -0.2) is 45.4 Å². The van der Waals surface area contributed by atoms with Gasteiger partial charge in [0.25, 0.3) is 0 Å². The second-order valence-corrected chi connectivity index (χ2v) is 7.66. The zero-order chi connectivity index (χ0) is 20.5. The van der Waals surface area contributed by atoms with E-state index < -0.39 is 0 Å². The average Bonchev–Trinajstić information content (AvgIpc) is 3.04. The number of carbonyl (C=O) groups excluding carboxylic acids is 1. The maximum Gasteiger partial charge on any atom is 0.310 e. The first-order valence-electron chi connectivity index (χ1n) is 10.2. The van der Waals surface area contributed by atoms with Crippen LogP contribution in [0.3, 0.4) is 0 Å². The summed E-state index contributed by atoms with van der Waals surface area (Å²) in [4.78, 5) is 23.9. The van der Waals surface area contributed by atoms with Crippen molar-refractivity contribution in [3.8, 4) is 5.69 Å². The zero-order valence-corrected chi connectivity index (χ0v) is 17.5. The molecule has 3 heterocycles. The minimum absolute atomic E-state index is 0.119. The number of ether oxygens (including phenoxy) is 1. The first-order valence-corrected chi connectivity index (χ1v) is 10.2. The third-order valence-corrected chi connectivity index (χ3v) is 5.41. The minimum Gasteiger partial charge on any atom is -0.466 e. The van der Waals surface area contributed by atoms with E-state index in [1.54, 1.807) is 0 Å². The lowest BCUT2D eigenvalue weighted by molar-refractivity contribution is -0.148. The number of hydrogen-bond donors (Lipinski definition) is 0. The van der Waals surface area contributed by atoms with Crippen molar-refractivity contribution in [2.75, 3.05) is 24.6 Å². The molecule has 4 rings (SSSR count). The summed E-state index contributed by atoms with van der Waals surface area (Å²) in [7, 11) is 0. The topological polar surface area (TPSA) is 73.1 Å². The fraction of sp³-hybridized carbons (Fsp3) is 0.455. The van der Waals surface area contributed by atoms with Crippen molar-refractivity contribution in [2.24, 2.45) is 5.92 Å². The summed E-state index contributed by atoms with van der Waals surface area (Å²) in [5.41, 5.74) is 3.86. The standard InChI is InChI=1S/C22H27N5O2/c1-5-29-22(28)17-7-6-12-26(13-17)20-19-15(3)25-27(21(19)24-16(4)23-20)18-10-8-14(2)9-11-18/h8-11,17H,5-7,12-13H2,1-4H3. The maximum absolute atomic E-state index is 12.3. The number of esters is 1. The number of aromatic nitrogens is 4. The smallest absolute Gasteiger partial charge is 0.310 e. The van der Waals surface area contributed by atoms with Crippen LogP contribution in [0, 0.1) is 26.7 Å². The van der Waals surface area contributed by atoms with Crippen molar-refractivity contribution < 1.29 is 9.53 Å². The Morgan fingerprint density at radius 3 is 2.66 bits per heavy atom. The van der Waals surface area contributed by atoms with Crippen LogP contribution in [0.15, 0.2) is 24.3 Å². The van der Waals surface area contributed by atoms with E-state index >= 15 is 0 Å². The Morgan fingerprint density at radius 2 is 1.93 bits per heavy atom. The molecule has 0 aliphatic carbocycles. The third kappa shape index (κ3) is 3.69. The molecule has 7 nitrogen and oxygen atoms in total. The second kappa shape index (κ2) is 7.81. The van der Waals surface area contributed by atoms with E-state index in [4.69, 9.17) is 19.8 Å². The first-order chi connectivity index (χ1) is 14.0. The van der Waals surface area contributed by atoms with Crippen molar-refractivity contribution in [3.05, 3.63) is 41.3 Å². The molecule has 152 valence electrons. The number of nitrogens with zero attached hydrogens (tertiary/aromatic N) is 5. The molecule has 0 amide bonds. The highest BCUT2D eigenvalue weighted by atomic mass is 16.5. The number of benzene rings is 1. The molecule has 29 heavy (non-hydrogen) atoms.